The molecule has 0 saturated carbocycles. The van der Waals surface area contributed by atoms with E-state index in [9.17, 15) is 9.59 Å². The van der Waals surface area contributed by atoms with Gasteiger partial charge in [-0.25, -0.2) is 9.59 Å². The first-order chi connectivity index (χ1) is 13.6. The van der Waals surface area contributed by atoms with Crippen LogP contribution in [0.5, 0.6) is 5.75 Å². The van der Waals surface area contributed by atoms with Crippen LogP contribution in [0.3, 0.4) is 0 Å². The number of carbonyl (C=O) groups is 2. The Hall–Kier alpha value is -3.61. The van der Waals surface area contributed by atoms with Crippen molar-refractivity contribution in [2.75, 3.05) is 26.1 Å². The van der Waals surface area contributed by atoms with E-state index in [1.807, 2.05) is 18.2 Å². The molecule has 0 fully saturated rings. The molecule has 2 aromatic carbocycles. The summed E-state index contributed by atoms with van der Waals surface area (Å²) >= 11 is 0. The SMILES string of the molecule is CCOC(=O)c1cnc2ccc(C(=O)OC)cc2c1Nc1ccccc1OC. The second-order valence-corrected chi connectivity index (χ2v) is 5.82. The number of ether oxygens (including phenoxy) is 3. The lowest BCUT2D eigenvalue weighted by Crippen LogP contribution is -2.10. The lowest BCUT2D eigenvalue weighted by atomic mass is 10.1. The van der Waals surface area contributed by atoms with Crippen molar-refractivity contribution in [3.8, 4) is 5.75 Å². The van der Waals surface area contributed by atoms with E-state index >= 15 is 0 Å². The minimum atomic E-state index is -0.516. The first-order valence-corrected chi connectivity index (χ1v) is 8.67. The molecule has 0 aliphatic heterocycles. The molecule has 7 nitrogen and oxygen atoms in total. The van der Waals surface area contributed by atoms with Gasteiger partial charge in [0, 0.05) is 11.6 Å². The molecule has 0 aliphatic carbocycles. The first-order valence-electron chi connectivity index (χ1n) is 8.67. The number of rotatable bonds is 6. The van der Waals surface area contributed by atoms with Crippen LogP contribution in [0, 0.1) is 0 Å². The van der Waals surface area contributed by atoms with Crippen LogP contribution in [0.1, 0.15) is 27.6 Å². The predicted octanol–water partition coefficient (Wildman–Crippen LogP) is 3.95. The van der Waals surface area contributed by atoms with Crippen LogP contribution in [-0.2, 0) is 9.47 Å². The Labute approximate surface area is 162 Å². The molecule has 1 heterocycles. The Kier molecular flexibility index (Phi) is 5.74. The molecule has 0 spiro atoms. The Morgan fingerprint density at radius 2 is 1.86 bits per heavy atom. The average Bonchev–Trinajstić information content (AvgIpc) is 2.73. The highest BCUT2D eigenvalue weighted by Gasteiger charge is 2.19. The fraction of sp³-hybridized carbons (Fsp3) is 0.190. The number of anilines is 2. The zero-order valence-corrected chi connectivity index (χ0v) is 15.8. The minimum Gasteiger partial charge on any atom is -0.495 e. The first kappa shape index (κ1) is 19.2. The maximum Gasteiger partial charge on any atom is 0.341 e. The molecule has 0 atom stereocenters. The summed E-state index contributed by atoms with van der Waals surface area (Å²) in [4.78, 5) is 28.8. The Bertz CT molecular complexity index is 1030. The van der Waals surface area contributed by atoms with Crippen LogP contribution in [0.15, 0.2) is 48.7 Å². The van der Waals surface area contributed by atoms with Gasteiger partial charge in [0.05, 0.1) is 43.3 Å². The van der Waals surface area contributed by atoms with Gasteiger partial charge in [-0.2, -0.15) is 0 Å². The standard InChI is InChI=1S/C21H20N2O5/c1-4-28-21(25)15-12-22-16-10-9-13(20(24)27-3)11-14(16)19(15)23-17-7-5-6-8-18(17)26-2/h5-12H,4H2,1-3H3,(H,22,23). The predicted molar refractivity (Wildman–Crippen MR) is 105 cm³/mol. The molecule has 1 aromatic heterocycles. The van der Waals surface area contributed by atoms with E-state index in [-0.39, 0.29) is 12.2 Å². The number of benzene rings is 2. The highest BCUT2D eigenvalue weighted by atomic mass is 16.5. The van der Waals surface area contributed by atoms with Crippen LogP contribution >= 0.6 is 0 Å². The lowest BCUT2D eigenvalue weighted by Gasteiger charge is -2.16. The number of nitrogens with zero attached hydrogens (tertiary/aromatic N) is 1. The number of methoxy groups -OCH3 is 2. The number of hydrogen-bond acceptors (Lipinski definition) is 7. The number of hydrogen-bond donors (Lipinski definition) is 1. The highest BCUT2D eigenvalue weighted by Crippen LogP contribution is 2.34. The van der Waals surface area contributed by atoms with Gasteiger partial charge < -0.3 is 19.5 Å². The van der Waals surface area contributed by atoms with Crippen LogP contribution < -0.4 is 10.1 Å². The summed E-state index contributed by atoms with van der Waals surface area (Å²) in [5.41, 5.74) is 2.34. The van der Waals surface area contributed by atoms with Crippen LogP contribution in [-0.4, -0.2) is 37.7 Å². The van der Waals surface area contributed by atoms with Gasteiger partial charge >= 0.3 is 11.9 Å². The number of nitrogens with one attached hydrogen (secondary N) is 1. The van der Waals surface area contributed by atoms with Crippen molar-refractivity contribution in [2.45, 2.75) is 6.92 Å². The summed E-state index contributed by atoms with van der Waals surface area (Å²) in [5, 5.41) is 3.82. The molecule has 0 radical (unpaired) electrons. The molecular formula is C21H20N2O5. The molecule has 7 heteroatoms. The minimum absolute atomic E-state index is 0.229. The number of para-hydroxylation sites is 2. The fourth-order valence-electron chi connectivity index (χ4n) is 2.82. The number of pyridine rings is 1. The maximum absolute atomic E-state index is 12.5. The van der Waals surface area contributed by atoms with Crippen molar-refractivity contribution in [1.82, 2.24) is 4.98 Å². The van der Waals surface area contributed by atoms with E-state index in [4.69, 9.17) is 14.2 Å². The summed E-state index contributed by atoms with van der Waals surface area (Å²) < 4.78 is 15.4. The van der Waals surface area contributed by atoms with Gasteiger partial charge in [0.2, 0.25) is 0 Å². The zero-order chi connectivity index (χ0) is 20.1. The van der Waals surface area contributed by atoms with Crippen molar-refractivity contribution in [2.24, 2.45) is 0 Å². The number of fused-ring (bicyclic) bond motifs is 1. The van der Waals surface area contributed by atoms with Gasteiger partial charge in [-0.3, -0.25) is 4.98 Å². The van der Waals surface area contributed by atoms with Crippen molar-refractivity contribution in [3.05, 3.63) is 59.8 Å². The molecule has 28 heavy (non-hydrogen) atoms. The van der Waals surface area contributed by atoms with Gasteiger partial charge in [-0.1, -0.05) is 12.1 Å². The summed E-state index contributed by atoms with van der Waals surface area (Å²) in [5.74, 6) is -0.393. The zero-order valence-electron chi connectivity index (χ0n) is 15.8. The van der Waals surface area contributed by atoms with Crippen LogP contribution in [0.4, 0.5) is 11.4 Å². The van der Waals surface area contributed by atoms with Crippen molar-refractivity contribution >= 4 is 34.2 Å². The molecule has 0 bridgehead atoms. The summed E-state index contributed by atoms with van der Waals surface area (Å²) in [7, 11) is 2.88. The van der Waals surface area contributed by atoms with E-state index in [0.29, 0.717) is 33.6 Å². The quantitative estimate of drug-likeness (QED) is 0.648. The van der Waals surface area contributed by atoms with Crippen LogP contribution in [0.25, 0.3) is 10.9 Å². The molecular weight excluding hydrogens is 360 g/mol. The second kappa shape index (κ2) is 8.39. The Morgan fingerprint density at radius 1 is 1.07 bits per heavy atom. The Balaban J connectivity index is 2.22. The van der Waals surface area contributed by atoms with Gasteiger partial charge in [-0.05, 0) is 37.3 Å². The fourth-order valence-corrected chi connectivity index (χ4v) is 2.82. The van der Waals surface area contributed by atoms with Gasteiger partial charge in [0.15, 0.2) is 0 Å². The average molecular weight is 380 g/mol. The molecule has 0 amide bonds. The molecule has 3 rings (SSSR count). The molecule has 3 aromatic rings. The lowest BCUT2D eigenvalue weighted by molar-refractivity contribution is 0.0526. The van der Waals surface area contributed by atoms with Crippen molar-refractivity contribution in [1.29, 1.82) is 0 Å². The van der Waals surface area contributed by atoms with E-state index < -0.39 is 11.9 Å². The molecule has 0 unspecified atom stereocenters. The van der Waals surface area contributed by atoms with Crippen molar-refractivity contribution in [3.63, 3.8) is 0 Å². The summed E-state index contributed by atoms with van der Waals surface area (Å²) in [6, 6.07) is 12.3. The maximum atomic E-state index is 12.5. The molecule has 144 valence electrons. The van der Waals surface area contributed by atoms with E-state index in [0.717, 1.165) is 0 Å². The number of esters is 2. The normalized spacial score (nSPS) is 10.4. The monoisotopic (exact) mass is 380 g/mol. The third-order valence-electron chi connectivity index (χ3n) is 4.15. The molecule has 0 saturated heterocycles. The summed E-state index contributed by atoms with van der Waals surface area (Å²) in [6.07, 6.45) is 1.45. The molecule has 1 N–H and O–H groups in total. The van der Waals surface area contributed by atoms with Gasteiger partial charge in [-0.15, -0.1) is 0 Å². The van der Waals surface area contributed by atoms with Gasteiger partial charge in [0.1, 0.15) is 11.3 Å². The number of aromatic nitrogens is 1. The third kappa shape index (κ3) is 3.73. The topological polar surface area (TPSA) is 86.8 Å². The third-order valence-corrected chi connectivity index (χ3v) is 4.15. The van der Waals surface area contributed by atoms with Gasteiger partial charge in [0.25, 0.3) is 0 Å². The van der Waals surface area contributed by atoms with E-state index in [2.05, 4.69) is 10.3 Å². The van der Waals surface area contributed by atoms with E-state index in [1.54, 1.807) is 38.3 Å². The largest absolute Gasteiger partial charge is 0.495 e. The van der Waals surface area contributed by atoms with Crippen LogP contribution in [0.2, 0.25) is 0 Å². The highest BCUT2D eigenvalue weighted by molar-refractivity contribution is 6.08. The molecule has 0 aliphatic rings. The smallest absolute Gasteiger partial charge is 0.341 e. The summed E-state index contributed by atoms with van der Waals surface area (Å²) in [6.45, 7) is 1.96. The second-order valence-electron chi connectivity index (χ2n) is 5.82. The van der Waals surface area contributed by atoms with Crippen molar-refractivity contribution < 1.29 is 23.8 Å². The number of carbonyl (C=O) groups excluding carboxylic acids is 2. The van der Waals surface area contributed by atoms with E-state index in [1.165, 1.54) is 13.3 Å². The Morgan fingerprint density at radius 3 is 2.57 bits per heavy atom.